The lowest BCUT2D eigenvalue weighted by Gasteiger charge is -2.12. The molecule has 0 bridgehead atoms. The van der Waals surface area contributed by atoms with E-state index in [1.54, 1.807) is 13.1 Å². The van der Waals surface area contributed by atoms with Crippen LogP contribution in [0.4, 0.5) is 5.69 Å². The van der Waals surface area contributed by atoms with Crippen LogP contribution in [0.3, 0.4) is 0 Å². The Morgan fingerprint density at radius 2 is 1.93 bits per heavy atom. The molecule has 1 amide bonds. The van der Waals surface area contributed by atoms with Crippen molar-refractivity contribution in [1.82, 2.24) is 24.0 Å². The number of benzene rings is 1. The molecule has 0 aliphatic heterocycles. The fourth-order valence-electron chi connectivity index (χ4n) is 2.93. The fourth-order valence-corrected chi connectivity index (χ4v) is 2.93. The zero-order valence-electron chi connectivity index (χ0n) is 15.5. The SMILES string of the molecule is CCNCc1ccccc1NC(=O)Cn1c(=O)c2c(ncn2C)n(C)c1=O. The number of hydrogen-bond donors (Lipinski definition) is 2. The van der Waals surface area contributed by atoms with Crippen molar-refractivity contribution in [2.45, 2.75) is 20.0 Å². The van der Waals surface area contributed by atoms with Gasteiger partial charge in [0.05, 0.1) is 6.33 Å². The molecule has 2 heterocycles. The van der Waals surface area contributed by atoms with Crippen LogP contribution in [0.5, 0.6) is 0 Å². The van der Waals surface area contributed by atoms with Crippen molar-refractivity contribution in [2.24, 2.45) is 14.1 Å². The van der Waals surface area contributed by atoms with Crippen molar-refractivity contribution in [3.05, 3.63) is 57.0 Å². The second-order valence-corrected chi connectivity index (χ2v) is 6.25. The van der Waals surface area contributed by atoms with E-state index in [1.165, 1.54) is 22.5 Å². The number of nitrogens with zero attached hydrogens (tertiary/aromatic N) is 4. The molecule has 9 heteroatoms. The topological polar surface area (TPSA) is 103 Å². The summed E-state index contributed by atoms with van der Waals surface area (Å²) in [5, 5.41) is 6.00. The molecule has 0 saturated heterocycles. The highest BCUT2D eigenvalue weighted by atomic mass is 16.2. The van der Waals surface area contributed by atoms with E-state index in [2.05, 4.69) is 15.6 Å². The largest absolute Gasteiger partial charge is 0.332 e. The van der Waals surface area contributed by atoms with E-state index in [0.29, 0.717) is 17.9 Å². The number of nitrogens with one attached hydrogen (secondary N) is 2. The lowest BCUT2D eigenvalue weighted by atomic mass is 10.1. The molecule has 27 heavy (non-hydrogen) atoms. The van der Waals surface area contributed by atoms with Gasteiger partial charge in [-0.25, -0.2) is 14.3 Å². The summed E-state index contributed by atoms with van der Waals surface area (Å²) in [4.78, 5) is 41.8. The number of aromatic nitrogens is 4. The number of rotatable bonds is 6. The molecule has 3 aromatic rings. The quantitative estimate of drug-likeness (QED) is 0.644. The maximum absolute atomic E-state index is 12.7. The van der Waals surface area contributed by atoms with Crippen LogP contribution in [0.15, 0.2) is 40.2 Å². The summed E-state index contributed by atoms with van der Waals surface area (Å²) in [5.74, 6) is -0.445. The van der Waals surface area contributed by atoms with Crippen molar-refractivity contribution in [2.75, 3.05) is 11.9 Å². The molecule has 0 unspecified atom stereocenters. The number of imidazole rings is 1. The predicted octanol–water partition coefficient (Wildman–Crippen LogP) is 0.182. The molecule has 0 atom stereocenters. The molecule has 2 aromatic heterocycles. The van der Waals surface area contributed by atoms with Gasteiger partial charge < -0.3 is 15.2 Å². The van der Waals surface area contributed by atoms with Gasteiger partial charge in [0.2, 0.25) is 5.91 Å². The van der Waals surface area contributed by atoms with E-state index in [-0.39, 0.29) is 12.1 Å². The monoisotopic (exact) mass is 370 g/mol. The zero-order valence-corrected chi connectivity index (χ0v) is 15.5. The summed E-state index contributed by atoms with van der Waals surface area (Å²) in [6.45, 7) is 3.04. The molecule has 0 aliphatic carbocycles. The molecular weight excluding hydrogens is 348 g/mol. The number of carbonyl (C=O) groups is 1. The molecule has 0 radical (unpaired) electrons. The smallest absolute Gasteiger partial charge is 0.328 e. The number of para-hydroxylation sites is 1. The molecule has 2 N–H and O–H groups in total. The Labute approximate surface area is 155 Å². The van der Waals surface area contributed by atoms with Crippen molar-refractivity contribution in [1.29, 1.82) is 0 Å². The molecule has 0 fully saturated rings. The number of hydrogen-bond acceptors (Lipinski definition) is 5. The standard InChI is InChI=1S/C18H22N6O3/c1-4-19-9-12-7-5-6-8-13(12)21-14(25)10-24-17(26)15-16(20-11-22(15)2)23(3)18(24)27/h5-8,11,19H,4,9-10H2,1-3H3,(H,21,25). The third-order valence-corrected chi connectivity index (χ3v) is 4.36. The average molecular weight is 370 g/mol. The summed E-state index contributed by atoms with van der Waals surface area (Å²) >= 11 is 0. The highest BCUT2D eigenvalue weighted by Crippen LogP contribution is 2.14. The highest BCUT2D eigenvalue weighted by Gasteiger charge is 2.17. The average Bonchev–Trinajstić information content (AvgIpc) is 3.04. The number of anilines is 1. The maximum atomic E-state index is 12.7. The number of aryl methyl sites for hydroxylation is 2. The van der Waals surface area contributed by atoms with Gasteiger partial charge in [-0.05, 0) is 18.2 Å². The Kier molecular flexibility index (Phi) is 5.22. The minimum atomic E-state index is -0.581. The minimum Gasteiger partial charge on any atom is -0.328 e. The Bertz CT molecular complexity index is 1110. The Morgan fingerprint density at radius 1 is 1.19 bits per heavy atom. The van der Waals surface area contributed by atoms with E-state index < -0.39 is 17.2 Å². The molecular formula is C18H22N6O3. The summed E-state index contributed by atoms with van der Waals surface area (Å²) < 4.78 is 3.73. The van der Waals surface area contributed by atoms with Crippen LogP contribution in [0, 0.1) is 0 Å². The van der Waals surface area contributed by atoms with Gasteiger partial charge in [0.25, 0.3) is 5.56 Å². The van der Waals surface area contributed by atoms with Crippen LogP contribution in [0.1, 0.15) is 12.5 Å². The van der Waals surface area contributed by atoms with Gasteiger partial charge in [-0.1, -0.05) is 25.1 Å². The van der Waals surface area contributed by atoms with Crippen LogP contribution in [-0.2, 0) is 32.0 Å². The van der Waals surface area contributed by atoms with Crippen LogP contribution in [0.25, 0.3) is 11.2 Å². The Morgan fingerprint density at radius 3 is 2.67 bits per heavy atom. The minimum absolute atomic E-state index is 0.275. The number of carbonyl (C=O) groups excluding carboxylic acids is 1. The van der Waals surface area contributed by atoms with Crippen molar-refractivity contribution in [3.63, 3.8) is 0 Å². The first-order valence-electron chi connectivity index (χ1n) is 8.63. The first-order valence-corrected chi connectivity index (χ1v) is 8.63. The van der Waals surface area contributed by atoms with Gasteiger partial charge in [0.1, 0.15) is 6.54 Å². The van der Waals surface area contributed by atoms with Crippen molar-refractivity contribution < 1.29 is 4.79 Å². The van der Waals surface area contributed by atoms with Crippen molar-refractivity contribution in [3.8, 4) is 0 Å². The van der Waals surface area contributed by atoms with Gasteiger partial charge in [0, 0.05) is 26.3 Å². The normalized spacial score (nSPS) is 11.1. The van der Waals surface area contributed by atoms with Crippen LogP contribution in [0.2, 0.25) is 0 Å². The van der Waals surface area contributed by atoms with Crippen molar-refractivity contribution >= 4 is 22.8 Å². The third kappa shape index (κ3) is 3.54. The molecule has 1 aromatic carbocycles. The maximum Gasteiger partial charge on any atom is 0.332 e. The Hall–Kier alpha value is -3.20. The van der Waals surface area contributed by atoms with Gasteiger partial charge in [0.15, 0.2) is 11.2 Å². The fraction of sp³-hybridized carbons (Fsp3) is 0.333. The van der Waals surface area contributed by atoms with Gasteiger partial charge in [-0.2, -0.15) is 0 Å². The first-order chi connectivity index (χ1) is 12.9. The predicted molar refractivity (Wildman–Crippen MR) is 103 cm³/mol. The summed E-state index contributed by atoms with van der Waals surface area (Å²) in [6, 6.07) is 7.40. The Balaban J connectivity index is 1.91. The van der Waals surface area contributed by atoms with Gasteiger partial charge >= 0.3 is 5.69 Å². The van der Waals surface area contributed by atoms with Gasteiger partial charge in [-0.15, -0.1) is 0 Å². The van der Waals surface area contributed by atoms with E-state index in [9.17, 15) is 14.4 Å². The van der Waals surface area contributed by atoms with Crippen LogP contribution >= 0.6 is 0 Å². The highest BCUT2D eigenvalue weighted by molar-refractivity contribution is 5.91. The molecule has 0 saturated carbocycles. The summed E-state index contributed by atoms with van der Waals surface area (Å²) in [7, 11) is 3.19. The second kappa shape index (κ2) is 7.58. The van der Waals surface area contributed by atoms with E-state index in [4.69, 9.17) is 0 Å². The van der Waals surface area contributed by atoms with Gasteiger partial charge in [-0.3, -0.25) is 14.2 Å². The summed E-state index contributed by atoms with van der Waals surface area (Å²) in [5.41, 5.74) is 1.02. The lowest BCUT2D eigenvalue weighted by molar-refractivity contribution is -0.116. The van der Waals surface area contributed by atoms with E-state index in [1.807, 2.05) is 25.1 Å². The number of fused-ring (bicyclic) bond motifs is 1. The molecule has 3 rings (SSSR count). The molecule has 0 aliphatic rings. The second-order valence-electron chi connectivity index (χ2n) is 6.25. The first kappa shape index (κ1) is 18.6. The van der Waals surface area contributed by atoms with Crippen LogP contribution in [-0.4, -0.2) is 31.1 Å². The third-order valence-electron chi connectivity index (χ3n) is 4.36. The zero-order chi connectivity index (χ0) is 19.6. The van der Waals surface area contributed by atoms with Crippen LogP contribution < -0.4 is 21.9 Å². The number of amides is 1. The molecule has 9 nitrogen and oxygen atoms in total. The summed E-state index contributed by atoms with van der Waals surface area (Å²) in [6.07, 6.45) is 1.47. The molecule has 142 valence electrons. The lowest BCUT2D eigenvalue weighted by Crippen LogP contribution is -2.42. The molecule has 0 spiro atoms. The van der Waals surface area contributed by atoms with E-state index >= 15 is 0 Å². The van der Waals surface area contributed by atoms with E-state index in [0.717, 1.165) is 16.7 Å².